The Morgan fingerprint density at radius 3 is 2.47 bits per heavy atom. The first kappa shape index (κ1) is 18.1. The average molecular weight is 271 g/mol. The van der Waals surface area contributed by atoms with Gasteiger partial charge in [0.1, 0.15) is 0 Å². The van der Waals surface area contributed by atoms with Crippen molar-refractivity contribution in [2.45, 2.75) is 70.9 Å². The van der Waals surface area contributed by atoms with Gasteiger partial charge in [-0.1, -0.05) is 51.7 Å². The molecule has 4 heteroatoms. The van der Waals surface area contributed by atoms with E-state index in [4.69, 9.17) is 0 Å². The van der Waals surface area contributed by atoms with Crippen LogP contribution in [0.25, 0.3) is 0 Å². The molecule has 2 atom stereocenters. The molecule has 0 aliphatic heterocycles. The third kappa shape index (κ3) is 9.68. The van der Waals surface area contributed by atoms with Crippen molar-refractivity contribution in [1.29, 1.82) is 0 Å². The van der Waals surface area contributed by atoms with Crippen LogP contribution in [0, 0.1) is 0 Å². The first-order valence-corrected chi connectivity index (χ1v) is 7.40. The molecule has 0 aliphatic rings. The molecule has 0 aliphatic carbocycles. The zero-order valence-corrected chi connectivity index (χ0v) is 12.3. The molecule has 0 radical (unpaired) electrons. The molecule has 0 aromatic rings. The van der Waals surface area contributed by atoms with Crippen molar-refractivity contribution in [2.75, 3.05) is 6.61 Å². The maximum absolute atomic E-state index is 11.6. The normalized spacial score (nSPS) is 14.5. The van der Waals surface area contributed by atoms with Gasteiger partial charge in [0.2, 0.25) is 5.91 Å². The van der Waals surface area contributed by atoms with Crippen LogP contribution in [0.4, 0.5) is 0 Å². The van der Waals surface area contributed by atoms with E-state index in [-0.39, 0.29) is 12.5 Å². The molecule has 0 saturated carbocycles. The molecule has 0 aromatic carbocycles. The number of aliphatic hydroxyl groups excluding tert-OH is 2. The number of unbranched alkanes of at least 4 members (excludes halogenated alkanes) is 4. The topological polar surface area (TPSA) is 69.6 Å². The Labute approximate surface area is 116 Å². The molecule has 0 aromatic heterocycles. The van der Waals surface area contributed by atoms with Crippen molar-refractivity contribution in [3.8, 4) is 0 Å². The van der Waals surface area contributed by atoms with Crippen molar-refractivity contribution < 1.29 is 15.0 Å². The predicted octanol–water partition coefficient (Wildman–Crippen LogP) is 2.15. The van der Waals surface area contributed by atoms with E-state index in [0.29, 0.717) is 6.42 Å². The summed E-state index contributed by atoms with van der Waals surface area (Å²) in [6.45, 7) is 3.94. The summed E-state index contributed by atoms with van der Waals surface area (Å²) in [6, 6.07) is -0.605. The summed E-state index contributed by atoms with van der Waals surface area (Å²) in [4.78, 5) is 11.6. The van der Waals surface area contributed by atoms with Gasteiger partial charge >= 0.3 is 0 Å². The highest BCUT2D eigenvalue weighted by Gasteiger charge is 2.17. The van der Waals surface area contributed by atoms with Crippen LogP contribution in [0.1, 0.15) is 58.8 Å². The standard InChI is InChI=1S/C15H29NO3/c1-3-5-7-9-10-14(18)13(12-17)16-15(19)11-8-6-4-2/h9-10,13-14,17-18H,3-8,11-12H2,1-2H3,(H,16,19)/b10-9+. The highest BCUT2D eigenvalue weighted by molar-refractivity contribution is 5.76. The lowest BCUT2D eigenvalue weighted by Gasteiger charge is -2.19. The van der Waals surface area contributed by atoms with Gasteiger partial charge in [-0.05, 0) is 12.8 Å². The first-order valence-electron chi connectivity index (χ1n) is 7.40. The third-order valence-electron chi connectivity index (χ3n) is 3.02. The lowest BCUT2D eigenvalue weighted by atomic mass is 10.1. The average Bonchev–Trinajstić information content (AvgIpc) is 2.41. The van der Waals surface area contributed by atoms with Gasteiger partial charge in [-0.25, -0.2) is 0 Å². The van der Waals surface area contributed by atoms with E-state index in [2.05, 4.69) is 19.2 Å². The fourth-order valence-corrected chi connectivity index (χ4v) is 1.75. The summed E-state index contributed by atoms with van der Waals surface area (Å²) < 4.78 is 0. The predicted molar refractivity (Wildman–Crippen MR) is 77.8 cm³/mol. The van der Waals surface area contributed by atoms with Crippen LogP contribution < -0.4 is 5.32 Å². The second-order valence-electron chi connectivity index (χ2n) is 4.87. The van der Waals surface area contributed by atoms with Gasteiger partial charge in [0.05, 0.1) is 18.8 Å². The summed E-state index contributed by atoms with van der Waals surface area (Å²) in [5, 5.41) is 21.8. The minimum Gasteiger partial charge on any atom is -0.394 e. The molecule has 0 saturated heterocycles. The quantitative estimate of drug-likeness (QED) is 0.398. The number of amides is 1. The Hall–Kier alpha value is -0.870. The SMILES string of the molecule is CCCC/C=C/C(O)C(CO)NC(=O)CCCCC. The monoisotopic (exact) mass is 271 g/mol. The van der Waals surface area contributed by atoms with Crippen LogP contribution >= 0.6 is 0 Å². The molecule has 0 rings (SSSR count). The van der Waals surface area contributed by atoms with E-state index in [1.54, 1.807) is 6.08 Å². The zero-order chi connectivity index (χ0) is 14.5. The molecule has 1 amide bonds. The molecule has 4 nitrogen and oxygen atoms in total. The fourth-order valence-electron chi connectivity index (χ4n) is 1.75. The number of hydrogen-bond acceptors (Lipinski definition) is 3. The van der Waals surface area contributed by atoms with Gasteiger partial charge in [-0.2, -0.15) is 0 Å². The molecule has 0 bridgehead atoms. The first-order chi connectivity index (χ1) is 9.15. The van der Waals surface area contributed by atoms with E-state index in [9.17, 15) is 15.0 Å². The second kappa shape index (κ2) is 12.2. The Balaban J connectivity index is 4.03. The molecule has 112 valence electrons. The molecule has 3 N–H and O–H groups in total. The van der Waals surface area contributed by atoms with Crippen LogP contribution in [-0.2, 0) is 4.79 Å². The van der Waals surface area contributed by atoms with Gasteiger partial charge < -0.3 is 15.5 Å². The molecular formula is C15H29NO3. The van der Waals surface area contributed by atoms with Crippen LogP contribution in [-0.4, -0.2) is 34.9 Å². The summed E-state index contributed by atoms with van der Waals surface area (Å²) in [7, 11) is 0. The van der Waals surface area contributed by atoms with E-state index < -0.39 is 12.1 Å². The van der Waals surface area contributed by atoms with Crippen molar-refractivity contribution in [3.05, 3.63) is 12.2 Å². The van der Waals surface area contributed by atoms with Crippen molar-refractivity contribution in [2.24, 2.45) is 0 Å². The van der Waals surface area contributed by atoms with Crippen LogP contribution in [0.2, 0.25) is 0 Å². The minimum absolute atomic E-state index is 0.103. The molecule has 2 unspecified atom stereocenters. The van der Waals surface area contributed by atoms with E-state index in [0.717, 1.165) is 38.5 Å². The lowest BCUT2D eigenvalue weighted by molar-refractivity contribution is -0.123. The number of carbonyl (C=O) groups is 1. The van der Waals surface area contributed by atoms with Crippen molar-refractivity contribution in [3.63, 3.8) is 0 Å². The summed E-state index contributed by atoms with van der Waals surface area (Å²) in [5.74, 6) is -0.103. The van der Waals surface area contributed by atoms with Gasteiger partial charge in [0.25, 0.3) is 0 Å². The Morgan fingerprint density at radius 1 is 1.21 bits per heavy atom. The summed E-state index contributed by atoms with van der Waals surface area (Å²) in [6.07, 6.45) is 9.24. The number of rotatable bonds is 11. The van der Waals surface area contributed by atoms with Crippen LogP contribution in [0.3, 0.4) is 0 Å². The molecule has 19 heavy (non-hydrogen) atoms. The summed E-state index contributed by atoms with van der Waals surface area (Å²) in [5.41, 5.74) is 0. The molecule has 0 spiro atoms. The number of nitrogens with one attached hydrogen (secondary N) is 1. The Morgan fingerprint density at radius 2 is 1.89 bits per heavy atom. The van der Waals surface area contributed by atoms with Gasteiger partial charge in [-0.15, -0.1) is 0 Å². The highest BCUT2D eigenvalue weighted by Crippen LogP contribution is 2.03. The van der Waals surface area contributed by atoms with E-state index in [1.165, 1.54) is 0 Å². The second-order valence-corrected chi connectivity index (χ2v) is 4.87. The third-order valence-corrected chi connectivity index (χ3v) is 3.02. The molecule has 0 fully saturated rings. The highest BCUT2D eigenvalue weighted by atomic mass is 16.3. The fraction of sp³-hybridized carbons (Fsp3) is 0.800. The Kier molecular flexibility index (Phi) is 11.6. The lowest BCUT2D eigenvalue weighted by Crippen LogP contribution is -2.45. The summed E-state index contributed by atoms with van der Waals surface area (Å²) >= 11 is 0. The van der Waals surface area contributed by atoms with Gasteiger partial charge in [0.15, 0.2) is 0 Å². The minimum atomic E-state index is -0.822. The van der Waals surface area contributed by atoms with Gasteiger partial charge in [0, 0.05) is 6.42 Å². The largest absolute Gasteiger partial charge is 0.394 e. The Bertz CT molecular complexity index is 254. The number of aliphatic hydroxyl groups is 2. The van der Waals surface area contributed by atoms with Crippen molar-refractivity contribution in [1.82, 2.24) is 5.32 Å². The maximum atomic E-state index is 11.6. The molecular weight excluding hydrogens is 242 g/mol. The number of allylic oxidation sites excluding steroid dienone is 1. The molecule has 0 heterocycles. The van der Waals surface area contributed by atoms with Gasteiger partial charge in [-0.3, -0.25) is 4.79 Å². The number of hydrogen-bond donors (Lipinski definition) is 3. The smallest absolute Gasteiger partial charge is 0.220 e. The van der Waals surface area contributed by atoms with E-state index >= 15 is 0 Å². The van der Waals surface area contributed by atoms with Crippen LogP contribution in [0.15, 0.2) is 12.2 Å². The van der Waals surface area contributed by atoms with Crippen LogP contribution in [0.5, 0.6) is 0 Å². The maximum Gasteiger partial charge on any atom is 0.220 e. The van der Waals surface area contributed by atoms with E-state index in [1.807, 2.05) is 6.08 Å². The zero-order valence-electron chi connectivity index (χ0n) is 12.3. The van der Waals surface area contributed by atoms with Crippen molar-refractivity contribution >= 4 is 5.91 Å². The number of carbonyl (C=O) groups excluding carboxylic acids is 1.